The lowest BCUT2D eigenvalue weighted by molar-refractivity contribution is 0.0635. The monoisotopic (exact) mass is 502 g/mol. The standard InChI is InChI=1S/C28H30N4O5/c1-28(2,3)37-27(35)32-24-9-5-4-8-23(24)30-25(33)20-10-12-21-19(15-20)11-13-22(21)31-26(34)36-17-18-7-6-14-29-16-18/h4-10,12,14-16,22H,11,13,17H2,1-3H3,(H,30,33)(H,31,34)(H,32,35). The van der Waals surface area contributed by atoms with Crippen LogP contribution in [0.15, 0.2) is 67.0 Å². The van der Waals surface area contributed by atoms with Crippen molar-refractivity contribution in [1.29, 1.82) is 0 Å². The summed E-state index contributed by atoms with van der Waals surface area (Å²) in [6, 6.07) is 15.8. The molecule has 4 rings (SSSR count). The average molecular weight is 503 g/mol. The normalized spacial score (nSPS) is 14.3. The van der Waals surface area contributed by atoms with Gasteiger partial charge in [-0.3, -0.25) is 15.1 Å². The molecule has 192 valence electrons. The number of benzene rings is 2. The highest BCUT2D eigenvalue weighted by Gasteiger charge is 2.26. The van der Waals surface area contributed by atoms with Gasteiger partial charge in [-0.25, -0.2) is 9.59 Å². The van der Waals surface area contributed by atoms with Gasteiger partial charge in [0.1, 0.15) is 12.2 Å². The van der Waals surface area contributed by atoms with Crippen molar-refractivity contribution in [3.8, 4) is 0 Å². The van der Waals surface area contributed by atoms with E-state index in [-0.39, 0.29) is 18.6 Å². The summed E-state index contributed by atoms with van der Waals surface area (Å²) in [5.41, 5.74) is 3.48. The van der Waals surface area contributed by atoms with E-state index in [0.29, 0.717) is 23.4 Å². The summed E-state index contributed by atoms with van der Waals surface area (Å²) < 4.78 is 10.6. The Morgan fingerprint density at radius 3 is 2.43 bits per heavy atom. The Morgan fingerprint density at radius 2 is 1.73 bits per heavy atom. The second-order valence-electron chi connectivity index (χ2n) is 9.71. The molecule has 9 heteroatoms. The van der Waals surface area contributed by atoms with E-state index in [9.17, 15) is 14.4 Å². The van der Waals surface area contributed by atoms with Crippen LogP contribution >= 0.6 is 0 Å². The van der Waals surface area contributed by atoms with Crippen molar-refractivity contribution in [1.82, 2.24) is 10.3 Å². The molecule has 2 aromatic carbocycles. The predicted molar refractivity (Wildman–Crippen MR) is 139 cm³/mol. The summed E-state index contributed by atoms with van der Waals surface area (Å²) in [6.07, 6.45) is 3.64. The van der Waals surface area contributed by atoms with E-state index in [4.69, 9.17) is 9.47 Å². The maximum Gasteiger partial charge on any atom is 0.412 e. The number of aromatic nitrogens is 1. The van der Waals surface area contributed by atoms with Crippen molar-refractivity contribution >= 4 is 29.5 Å². The van der Waals surface area contributed by atoms with E-state index in [0.717, 1.165) is 23.1 Å². The van der Waals surface area contributed by atoms with Gasteiger partial charge in [-0.2, -0.15) is 0 Å². The maximum absolute atomic E-state index is 13.0. The maximum atomic E-state index is 13.0. The van der Waals surface area contributed by atoms with Gasteiger partial charge in [-0.15, -0.1) is 0 Å². The summed E-state index contributed by atoms with van der Waals surface area (Å²) in [4.78, 5) is 41.5. The minimum atomic E-state index is -0.643. The fraction of sp³-hybridized carbons (Fsp3) is 0.286. The molecule has 0 radical (unpaired) electrons. The van der Waals surface area contributed by atoms with Gasteiger partial charge in [0, 0.05) is 23.5 Å². The first-order chi connectivity index (χ1) is 17.7. The Morgan fingerprint density at radius 1 is 0.973 bits per heavy atom. The molecule has 37 heavy (non-hydrogen) atoms. The lowest BCUT2D eigenvalue weighted by Crippen LogP contribution is -2.28. The minimum Gasteiger partial charge on any atom is -0.445 e. The average Bonchev–Trinajstić information content (AvgIpc) is 3.25. The number of nitrogens with zero attached hydrogens (tertiary/aromatic N) is 1. The van der Waals surface area contributed by atoms with Crippen molar-refractivity contribution < 1.29 is 23.9 Å². The highest BCUT2D eigenvalue weighted by atomic mass is 16.6. The number of pyridine rings is 1. The third kappa shape index (κ3) is 7.07. The van der Waals surface area contributed by atoms with Gasteiger partial charge >= 0.3 is 12.2 Å². The van der Waals surface area contributed by atoms with Gasteiger partial charge in [0.15, 0.2) is 0 Å². The van der Waals surface area contributed by atoms with E-state index >= 15 is 0 Å². The number of rotatable bonds is 6. The quantitative estimate of drug-likeness (QED) is 0.404. The zero-order valence-electron chi connectivity index (χ0n) is 21.0. The van der Waals surface area contributed by atoms with Crippen LogP contribution in [0.5, 0.6) is 0 Å². The van der Waals surface area contributed by atoms with Crippen molar-refractivity contribution in [2.75, 3.05) is 10.6 Å². The van der Waals surface area contributed by atoms with Crippen LogP contribution in [0, 0.1) is 0 Å². The fourth-order valence-corrected chi connectivity index (χ4v) is 4.03. The van der Waals surface area contributed by atoms with Crippen LogP contribution in [-0.4, -0.2) is 28.7 Å². The molecule has 0 fully saturated rings. The summed E-state index contributed by atoms with van der Waals surface area (Å²) in [6.45, 7) is 5.47. The predicted octanol–water partition coefficient (Wildman–Crippen LogP) is 5.59. The number of fused-ring (bicyclic) bond motifs is 1. The first-order valence-corrected chi connectivity index (χ1v) is 12.0. The molecule has 1 unspecified atom stereocenters. The number of nitrogens with one attached hydrogen (secondary N) is 3. The molecular formula is C28H30N4O5. The Kier molecular flexibility index (Phi) is 7.71. The van der Waals surface area contributed by atoms with Gasteiger partial charge in [0.2, 0.25) is 0 Å². The van der Waals surface area contributed by atoms with E-state index < -0.39 is 17.8 Å². The molecule has 0 saturated heterocycles. The number of hydrogen-bond donors (Lipinski definition) is 3. The highest BCUT2D eigenvalue weighted by Crippen LogP contribution is 2.32. The van der Waals surface area contributed by atoms with Crippen LogP contribution in [0.2, 0.25) is 0 Å². The molecule has 1 aliphatic carbocycles. The van der Waals surface area contributed by atoms with Crippen LogP contribution in [0.3, 0.4) is 0 Å². The first kappa shape index (κ1) is 25.7. The number of aryl methyl sites for hydroxylation is 1. The van der Waals surface area contributed by atoms with Gasteiger partial charge < -0.3 is 20.1 Å². The molecule has 9 nitrogen and oxygen atoms in total. The van der Waals surface area contributed by atoms with Crippen molar-refractivity contribution in [3.63, 3.8) is 0 Å². The molecule has 0 saturated carbocycles. The van der Waals surface area contributed by atoms with E-state index in [1.807, 2.05) is 18.2 Å². The molecule has 0 bridgehead atoms. The number of carbonyl (C=O) groups excluding carboxylic acids is 3. The summed E-state index contributed by atoms with van der Waals surface area (Å²) in [5, 5.41) is 8.44. The Bertz CT molecular complexity index is 1290. The number of anilines is 2. The molecular weight excluding hydrogens is 472 g/mol. The van der Waals surface area contributed by atoms with E-state index in [1.165, 1.54) is 0 Å². The number of para-hydroxylation sites is 2. The van der Waals surface area contributed by atoms with Crippen molar-refractivity contribution in [2.45, 2.75) is 51.9 Å². The second-order valence-corrected chi connectivity index (χ2v) is 9.71. The van der Waals surface area contributed by atoms with E-state index in [2.05, 4.69) is 20.9 Å². The van der Waals surface area contributed by atoms with Gasteiger partial charge in [-0.05, 0) is 75.1 Å². The Balaban J connectivity index is 1.37. The van der Waals surface area contributed by atoms with Crippen LogP contribution in [0.25, 0.3) is 0 Å². The smallest absolute Gasteiger partial charge is 0.412 e. The van der Waals surface area contributed by atoms with Crippen LogP contribution in [-0.2, 0) is 22.5 Å². The van der Waals surface area contributed by atoms with Crippen LogP contribution in [0.4, 0.5) is 21.0 Å². The third-order valence-corrected chi connectivity index (χ3v) is 5.68. The number of carbonyl (C=O) groups is 3. The van der Waals surface area contributed by atoms with Gasteiger partial charge in [0.25, 0.3) is 5.91 Å². The topological polar surface area (TPSA) is 119 Å². The number of amides is 3. The number of alkyl carbamates (subject to hydrolysis) is 1. The molecule has 1 atom stereocenters. The SMILES string of the molecule is CC(C)(C)OC(=O)Nc1ccccc1NC(=O)c1ccc2c(c1)CCC2NC(=O)OCc1cccnc1. The first-order valence-electron chi connectivity index (χ1n) is 12.0. The van der Waals surface area contributed by atoms with Crippen molar-refractivity contribution in [2.24, 2.45) is 0 Å². The highest BCUT2D eigenvalue weighted by molar-refractivity contribution is 6.07. The van der Waals surface area contributed by atoms with Crippen LogP contribution in [0.1, 0.15) is 60.3 Å². The summed E-state index contributed by atoms with van der Waals surface area (Å²) in [5.74, 6) is -0.312. The molecule has 3 aromatic rings. The molecule has 1 aliphatic rings. The van der Waals surface area contributed by atoms with Gasteiger partial charge in [-0.1, -0.05) is 24.3 Å². The zero-order valence-corrected chi connectivity index (χ0v) is 21.0. The third-order valence-electron chi connectivity index (χ3n) is 5.68. The van der Waals surface area contributed by atoms with Crippen LogP contribution < -0.4 is 16.0 Å². The van der Waals surface area contributed by atoms with E-state index in [1.54, 1.807) is 69.6 Å². The molecule has 1 aromatic heterocycles. The Hall–Kier alpha value is -4.40. The molecule has 1 heterocycles. The number of ether oxygens (including phenoxy) is 2. The molecule has 0 spiro atoms. The largest absolute Gasteiger partial charge is 0.445 e. The Labute approximate surface area is 215 Å². The number of hydrogen-bond acceptors (Lipinski definition) is 6. The fourth-order valence-electron chi connectivity index (χ4n) is 4.03. The molecule has 3 N–H and O–H groups in total. The second kappa shape index (κ2) is 11.1. The summed E-state index contributed by atoms with van der Waals surface area (Å²) in [7, 11) is 0. The zero-order chi connectivity index (χ0) is 26.4. The van der Waals surface area contributed by atoms with Gasteiger partial charge in [0.05, 0.1) is 17.4 Å². The molecule has 3 amide bonds. The van der Waals surface area contributed by atoms with Crippen molar-refractivity contribution in [3.05, 3.63) is 89.2 Å². The lowest BCUT2D eigenvalue weighted by Gasteiger charge is -2.20. The lowest BCUT2D eigenvalue weighted by atomic mass is 10.0. The summed E-state index contributed by atoms with van der Waals surface area (Å²) >= 11 is 0. The molecule has 0 aliphatic heterocycles. The minimum absolute atomic E-state index is 0.141.